The first-order valence-electron chi connectivity index (χ1n) is 7.59. The molecule has 2 aromatic carbocycles. The topological polar surface area (TPSA) is 51.2 Å². The fourth-order valence-electron chi connectivity index (χ4n) is 2.14. The Morgan fingerprint density at radius 3 is 2.19 bits per heavy atom. The molecule has 26 heavy (non-hydrogen) atoms. The molecule has 4 nitrogen and oxygen atoms in total. The van der Waals surface area contributed by atoms with Crippen LogP contribution < -0.4 is 10.1 Å². The van der Waals surface area contributed by atoms with Gasteiger partial charge in [-0.25, -0.2) is 4.98 Å². The summed E-state index contributed by atoms with van der Waals surface area (Å²) in [6.45, 7) is 0. The number of hydrogen-bond acceptors (Lipinski definition) is 3. The second-order valence-corrected chi connectivity index (χ2v) is 5.33. The van der Waals surface area contributed by atoms with Crippen molar-refractivity contribution in [2.24, 2.45) is 0 Å². The van der Waals surface area contributed by atoms with Gasteiger partial charge >= 0.3 is 6.18 Å². The monoisotopic (exact) mass is 358 g/mol. The van der Waals surface area contributed by atoms with Crippen molar-refractivity contribution < 1.29 is 22.7 Å². The molecule has 7 heteroatoms. The summed E-state index contributed by atoms with van der Waals surface area (Å²) in [6.07, 6.45) is -3.03. The van der Waals surface area contributed by atoms with E-state index in [-0.39, 0.29) is 5.56 Å². The number of ether oxygens (including phenoxy) is 1. The van der Waals surface area contributed by atoms with Gasteiger partial charge in [0.05, 0.1) is 17.4 Å². The maximum absolute atomic E-state index is 12.5. The molecule has 0 aliphatic heterocycles. The summed E-state index contributed by atoms with van der Waals surface area (Å²) in [5, 5.41) is 2.57. The van der Waals surface area contributed by atoms with E-state index < -0.39 is 17.6 Å². The van der Waals surface area contributed by atoms with Gasteiger partial charge in [0, 0.05) is 11.6 Å². The number of rotatable bonds is 4. The molecule has 0 atom stereocenters. The Morgan fingerprint density at radius 2 is 1.62 bits per heavy atom. The van der Waals surface area contributed by atoms with Crippen LogP contribution in [0.4, 0.5) is 18.9 Å². The molecule has 0 radical (unpaired) electrons. The molecule has 0 aliphatic carbocycles. The van der Waals surface area contributed by atoms with Crippen LogP contribution in [0, 0.1) is 0 Å². The van der Waals surface area contributed by atoms with Crippen molar-refractivity contribution in [1.82, 2.24) is 4.98 Å². The van der Waals surface area contributed by atoms with Gasteiger partial charge in [-0.1, -0.05) is 18.2 Å². The lowest BCUT2D eigenvalue weighted by molar-refractivity contribution is -0.137. The van der Waals surface area contributed by atoms with Gasteiger partial charge in [0.25, 0.3) is 5.91 Å². The van der Waals surface area contributed by atoms with E-state index in [1.54, 1.807) is 24.3 Å². The van der Waals surface area contributed by atoms with Crippen LogP contribution in [0.5, 0.6) is 11.6 Å². The van der Waals surface area contributed by atoms with Gasteiger partial charge < -0.3 is 10.1 Å². The molecule has 0 spiro atoms. The van der Waals surface area contributed by atoms with E-state index in [4.69, 9.17) is 4.74 Å². The lowest BCUT2D eigenvalue weighted by Crippen LogP contribution is -2.13. The zero-order valence-electron chi connectivity index (χ0n) is 13.3. The highest BCUT2D eigenvalue weighted by Gasteiger charge is 2.30. The number of benzene rings is 2. The molecule has 0 bridgehead atoms. The average Bonchev–Trinajstić information content (AvgIpc) is 2.63. The third kappa shape index (κ3) is 4.38. The maximum atomic E-state index is 12.5. The Morgan fingerprint density at radius 1 is 0.923 bits per heavy atom. The summed E-state index contributed by atoms with van der Waals surface area (Å²) >= 11 is 0. The molecule has 0 fully saturated rings. The molecular formula is C19H13F3N2O2. The van der Waals surface area contributed by atoms with Gasteiger partial charge in [0.1, 0.15) is 5.75 Å². The van der Waals surface area contributed by atoms with E-state index in [0.29, 0.717) is 17.3 Å². The van der Waals surface area contributed by atoms with Gasteiger partial charge in [-0.3, -0.25) is 4.79 Å². The Bertz CT molecular complexity index is 877. The SMILES string of the molecule is O=C(Nc1ccc(Oc2ccccc2)nc1)c1ccc(C(F)(F)F)cc1. The molecule has 0 saturated carbocycles. The number of carbonyl (C=O) groups is 1. The number of para-hydroxylation sites is 1. The molecule has 0 aliphatic rings. The number of anilines is 1. The van der Waals surface area contributed by atoms with Gasteiger partial charge in [-0.15, -0.1) is 0 Å². The summed E-state index contributed by atoms with van der Waals surface area (Å²) in [5.74, 6) is 0.447. The highest BCUT2D eigenvalue weighted by molar-refractivity contribution is 6.04. The summed E-state index contributed by atoms with van der Waals surface area (Å²) < 4.78 is 43.2. The largest absolute Gasteiger partial charge is 0.439 e. The summed E-state index contributed by atoms with van der Waals surface area (Å²) in [6, 6.07) is 16.2. The van der Waals surface area contributed by atoms with Crippen molar-refractivity contribution in [3.05, 3.63) is 84.1 Å². The Labute approximate surface area is 147 Å². The van der Waals surface area contributed by atoms with E-state index in [1.807, 2.05) is 18.2 Å². The zero-order chi connectivity index (χ0) is 18.6. The number of halogens is 3. The summed E-state index contributed by atoms with van der Waals surface area (Å²) in [7, 11) is 0. The minimum atomic E-state index is -4.44. The van der Waals surface area contributed by atoms with Crippen molar-refractivity contribution in [2.45, 2.75) is 6.18 Å². The van der Waals surface area contributed by atoms with Crippen LogP contribution in [0.25, 0.3) is 0 Å². The van der Waals surface area contributed by atoms with Crippen LogP contribution in [0.3, 0.4) is 0 Å². The number of amides is 1. The van der Waals surface area contributed by atoms with Gasteiger partial charge in [-0.2, -0.15) is 13.2 Å². The minimum Gasteiger partial charge on any atom is -0.439 e. The van der Waals surface area contributed by atoms with E-state index in [2.05, 4.69) is 10.3 Å². The fourth-order valence-corrected chi connectivity index (χ4v) is 2.14. The highest BCUT2D eigenvalue weighted by atomic mass is 19.4. The summed E-state index contributed by atoms with van der Waals surface area (Å²) in [4.78, 5) is 16.2. The maximum Gasteiger partial charge on any atom is 0.416 e. The molecule has 3 rings (SSSR count). The number of pyridine rings is 1. The average molecular weight is 358 g/mol. The number of hydrogen-bond donors (Lipinski definition) is 1. The predicted octanol–water partition coefficient (Wildman–Crippen LogP) is 5.15. The van der Waals surface area contributed by atoms with Crippen LogP contribution in [-0.4, -0.2) is 10.9 Å². The van der Waals surface area contributed by atoms with E-state index in [9.17, 15) is 18.0 Å². The van der Waals surface area contributed by atoms with E-state index in [1.165, 1.54) is 6.20 Å². The zero-order valence-corrected chi connectivity index (χ0v) is 13.3. The first kappa shape index (κ1) is 17.5. The Hall–Kier alpha value is -3.35. The number of alkyl halides is 3. The first-order chi connectivity index (χ1) is 12.4. The number of aromatic nitrogens is 1. The van der Waals surface area contributed by atoms with Crippen LogP contribution in [-0.2, 0) is 6.18 Å². The Kier molecular flexibility index (Phi) is 4.88. The highest BCUT2D eigenvalue weighted by Crippen LogP contribution is 2.29. The van der Waals surface area contributed by atoms with Crippen LogP contribution in [0.15, 0.2) is 72.9 Å². The lowest BCUT2D eigenvalue weighted by Gasteiger charge is -2.09. The van der Waals surface area contributed by atoms with Gasteiger partial charge in [-0.05, 0) is 42.5 Å². The second-order valence-electron chi connectivity index (χ2n) is 5.33. The molecule has 1 amide bonds. The van der Waals surface area contributed by atoms with Crippen molar-refractivity contribution in [2.75, 3.05) is 5.32 Å². The smallest absolute Gasteiger partial charge is 0.416 e. The van der Waals surface area contributed by atoms with Crippen LogP contribution in [0.2, 0.25) is 0 Å². The number of nitrogens with one attached hydrogen (secondary N) is 1. The van der Waals surface area contributed by atoms with Gasteiger partial charge in [0.15, 0.2) is 0 Å². The first-order valence-corrected chi connectivity index (χ1v) is 7.59. The molecule has 132 valence electrons. The third-order valence-electron chi connectivity index (χ3n) is 3.43. The molecule has 1 aromatic heterocycles. The summed E-state index contributed by atoms with van der Waals surface area (Å²) in [5.41, 5.74) is -0.295. The Balaban J connectivity index is 1.64. The quantitative estimate of drug-likeness (QED) is 0.702. The van der Waals surface area contributed by atoms with Crippen molar-refractivity contribution >= 4 is 11.6 Å². The normalized spacial score (nSPS) is 11.0. The molecule has 1 N–H and O–H groups in total. The molecule has 0 unspecified atom stereocenters. The second kappa shape index (κ2) is 7.26. The molecule has 0 saturated heterocycles. The molecular weight excluding hydrogens is 345 g/mol. The van der Waals surface area contributed by atoms with Crippen molar-refractivity contribution in [1.29, 1.82) is 0 Å². The molecule has 3 aromatic rings. The fraction of sp³-hybridized carbons (Fsp3) is 0.0526. The van der Waals surface area contributed by atoms with Gasteiger partial charge in [0.2, 0.25) is 5.88 Å². The van der Waals surface area contributed by atoms with E-state index in [0.717, 1.165) is 24.3 Å². The van der Waals surface area contributed by atoms with Crippen molar-refractivity contribution in [3.8, 4) is 11.6 Å². The molecule has 1 heterocycles. The van der Waals surface area contributed by atoms with Crippen LogP contribution in [0.1, 0.15) is 15.9 Å². The van der Waals surface area contributed by atoms with Crippen molar-refractivity contribution in [3.63, 3.8) is 0 Å². The number of nitrogens with zero attached hydrogens (tertiary/aromatic N) is 1. The van der Waals surface area contributed by atoms with E-state index >= 15 is 0 Å². The van der Waals surface area contributed by atoms with Crippen LogP contribution >= 0.6 is 0 Å². The lowest BCUT2D eigenvalue weighted by atomic mass is 10.1. The third-order valence-corrected chi connectivity index (χ3v) is 3.43. The number of carbonyl (C=O) groups excluding carboxylic acids is 1. The minimum absolute atomic E-state index is 0.114. The predicted molar refractivity (Wildman–Crippen MR) is 90.2 cm³/mol. The standard InChI is InChI=1S/C19H13F3N2O2/c20-19(21,22)14-8-6-13(7-9-14)18(25)24-15-10-11-17(23-12-15)26-16-4-2-1-3-5-16/h1-12H,(H,24,25).